The first-order valence-corrected chi connectivity index (χ1v) is 12.8. The van der Waals surface area contributed by atoms with Crippen molar-refractivity contribution in [3.63, 3.8) is 0 Å². The summed E-state index contributed by atoms with van der Waals surface area (Å²) in [7, 11) is 0. The lowest BCUT2D eigenvalue weighted by Crippen LogP contribution is -2.34. The van der Waals surface area contributed by atoms with E-state index in [0.717, 1.165) is 39.0 Å². The minimum Gasteiger partial charge on any atom is -0.451 e. The van der Waals surface area contributed by atoms with Crippen LogP contribution in [0.1, 0.15) is 28.9 Å². The SMILES string of the molecule is CCc1nnc2sc(-c3ccc(C)c(NC(=S)NC(=O)c4ccc(-c5ccc(Cl)c(Cl)c5)o4)c3)nn12. The Hall–Kier alpha value is -3.31. The summed E-state index contributed by atoms with van der Waals surface area (Å²) in [5.74, 6) is 0.921. The minimum absolute atomic E-state index is 0.108. The Morgan fingerprint density at radius 3 is 2.67 bits per heavy atom. The van der Waals surface area contributed by atoms with Gasteiger partial charge in [-0.15, -0.1) is 10.2 Å². The van der Waals surface area contributed by atoms with E-state index in [4.69, 9.17) is 39.8 Å². The summed E-state index contributed by atoms with van der Waals surface area (Å²) in [4.78, 5) is 13.4. The number of rotatable bonds is 5. The molecule has 182 valence electrons. The number of amides is 1. The monoisotopic (exact) mass is 556 g/mol. The summed E-state index contributed by atoms with van der Waals surface area (Å²) in [6, 6.07) is 14.2. The van der Waals surface area contributed by atoms with Crippen molar-refractivity contribution in [2.45, 2.75) is 20.3 Å². The number of halogens is 2. The van der Waals surface area contributed by atoms with E-state index in [1.54, 1.807) is 34.8 Å². The van der Waals surface area contributed by atoms with Crippen molar-refractivity contribution in [3.05, 3.63) is 75.7 Å². The molecule has 0 saturated carbocycles. The highest BCUT2D eigenvalue weighted by Gasteiger charge is 2.16. The Morgan fingerprint density at radius 1 is 1.08 bits per heavy atom. The Labute approximate surface area is 225 Å². The molecule has 0 fully saturated rings. The van der Waals surface area contributed by atoms with Gasteiger partial charge >= 0.3 is 0 Å². The van der Waals surface area contributed by atoms with Crippen molar-refractivity contribution in [2.24, 2.45) is 0 Å². The highest BCUT2D eigenvalue weighted by Crippen LogP contribution is 2.31. The second kappa shape index (κ2) is 9.98. The zero-order chi connectivity index (χ0) is 25.4. The molecule has 0 radical (unpaired) electrons. The number of furan rings is 1. The molecule has 5 aromatic rings. The van der Waals surface area contributed by atoms with Crippen LogP contribution in [0.3, 0.4) is 0 Å². The molecular formula is C24H18Cl2N6O2S2. The number of nitrogens with zero attached hydrogens (tertiary/aromatic N) is 4. The molecule has 0 spiro atoms. The topological polar surface area (TPSA) is 97.3 Å². The average molecular weight is 557 g/mol. The fourth-order valence-electron chi connectivity index (χ4n) is 3.47. The van der Waals surface area contributed by atoms with E-state index in [2.05, 4.69) is 25.9 Å². The van der Waals surface area contributed by atoms with Crippen LogP contribution in [0.5, 0.6) is 0 Å². The van der Waals surface area contributed by atoms with Gasteiger partial charge in [0.15, 0.2) is 16.7 Å². The number of carbonyl (C=O) groups excluding carboxylic acids is 1. The Bertz CT molecular complexity index is 1620. The van der Waals surface area contributed by atoms with Crippen LogP contribution >= 0.6 is 46.8 Å². The van der Waals surface area contributed by atoms with Crippen LogP contribution < -0.4 is 10.6 Å². The maximum Gasteiger partial charge on any atom is 0.293 e. The van der Waals surface area contributed by atoms with Gasteiger partial charge in [-0.1, -0.05) is 53.6 Å². The molecule has 3 heterocycles. The van der Waals surface area contributed by atoms with E-state index in [1.165, 1.54) is 11.3 Å². The number of aryl methyl sites for hydroxylation is 2. The molecule has 0 aliphatic carbocycles. The third-order valence-corrected chi connectivity index (χ3v) is 7.26. The normalized spacial score (nSPS) is 11.1. The predicted molar refractivity (Wildman–Crippen MR) is 146 cm³/mol. The molecule has 0 aliphatic rings. The van der Waals surface area contributed by atoms with E-state index in [0.29, 0.717) is 21.4 Å². The molecule has 3 aromatic heterocycles. The number of nitrogens with one attached hydrogen (secondary N) is 2. The largest absolute Gasteiger partial charge is 0.451 e. The van der Waals surface area contributed by atoms with Gasteiger partial charge in [0.05, 0.1) is 10.0 Å². The number of aromatic nitrogens is 4. The van der Waals surface area contributed by atoms with E-state index in [9.17, 15) is 4.79 Å². The van der Waals surface area contributed by atoms with E-state index < -0.39 is 5.91 Å². The van der Waals surface area contributed by atoms with Gasteiger partial charge in [-0.05, 0) is 61.1 Å². The quantitative estimate of drug-likeness (QED) is 0.241. The van der Waals surface area contributed by atoms with E-state index in [-0.39, 0.29) is 10.9 Å². The summed E-state index contributed by atoms with van der Waals surface area (Å²) >= 11 is 18.9. The van der Waals surface area contributed by atoms with Crippen molar-refractivity contribution in [1.29, 1.82) is 0 Å². The molecule has 0 aliphatic heterocycles. The predicted octanol–water partition coefficient (Wildman–Crippen LogP) is 6.42. The first-order chi connectivity index (χ1) is 17.3. The number of thiocarbonyl (C=S) groups is 1. The number of hydrogen-bond acceptors (Lipinski definition) is 7. The van der Waals surface area contributed by atoms with Crippen LogP contribution in [-0.2, 0) is 6.42 Å². The fraction of sp³-hybridized carbons (Fsp3) is 0.125. The van der Waals surface area contributed by atoms with Gasteiger partial charge in [-0.3, -0.25) is 10.1 Å². The third kappa shape index (κ3) is 4.85. The molecule has 0 bridgehead atoms. The number of hydrogen-bond donors (Lipinski definition) is 2. The van der Waals surface area contributed by atoms with Crippen molar-refractivity contribution in [3.8, 4) is 21.9 Å². The smallest absolute Gasteiger partial charge is 0.293 e. The van der Waals surface area contributed by atoms with Gasteiger partial charge in [0.1, 0.15) is 10.8 Å². The number of fused-ring (bicyclic) bond motifs is 1. The first-order valence-electron chi connectivity index (χ1n) is 10.8. The maximum atomic E-state index is 12.7. The van der Waals surface area contributed by atoms with Crippen LogP contribution in [-0.4, -0.2) is 30.8 Å². The third-order valence-electron chi connectivity index (χ3n) is 5.37. The zero-order valence-electron chi connectivity index (χ0n) is 19.0. The fourth-order valence-corrected chi connectivity index (χ4v) is 4.82. The van der Waals surface area contributed by atoms with Gasteiger partial charge in [-0.2, -0.15) is 9.61 Å². The summed E-state index contributed by atoms with van der Waals surface area (Å²) in [5, 5.41) is 20.5. The highest BCUT2D eigenvalue weighted by atomic mass is 35.5. The van der Waals surface area contributed by atoms with Crippen molar-refractivity contribution < 1.29 is 9.21 Å². The number of carbonyl (C=O) groups is 1. The summed E-state index contributed by atoms with van der Waals surface area (Å²) in [6.45, 7) is 3.95. The second-order valence-corrected chi connectivity index (χ2v) is 9.98. The summed E-state index contributed by atoms with van der Waals surface area (Å²) in [5.41, 5.74) is 3.29. The highest BCUT2D eigenvalue weighted by molar-refractivity contribution is 7.80. The van der Waals surface area contributed by atoms with Gasteiger partial charge in [0.2, 0.25) is 4.96 Å². The van der Waals surface area contributed by atoms with Crippen molar-refractivity contribution in [2.75, 3.05) is 5.32 Å². The van der Waals surface area contributed by atoms with Crippen molar-refractivity contribution in [1.82, 2.24) is 25.1 Å². The zero-order valence-corrected chi connectivity index (χ0v) is 22.1. The molecule has 5 rings (SSSR count). The molecule has 1 amide bonds. The van der Waals surface area contributed by atoms with Crippen molar-refractivity contribution >= 4 is 68.4 Å². The Kier molecular flexibility index (Phi) is 6.76. The summed E-state index contributed by atoms with van der Waals surface area (Å²) < 4.78 is 7.45. The Balaban J connectivity index is 1.29. The number of benzene rings is 2. The van der Waals surface area contributed by atoms with Gasteiger partial charge in [0, 0.05) is 23.2 Å². The molecule has 2 aromatic carbocycles. The van der Waals surface area contributed by atoms with Gasteiger partial charge < -0.3 is 9.73 Å². The van der Waals surface area contributed by atoms with Gasteiger partial charge in [-0.25, -0.2) is 0 Å². The van der Waals surface area contributed by atoms with Crippen LogP contribution in [0, 0.1) is 6.92 Å². The van der Waals surface area contributed by atoms with Gasteiger partial charge in [0.25, 0.3) is 5.91 Å². The molecule has 12 heteroatoms. The van der Waals surface area contributed by atoms with Crippen LogP contribution in [0.25, 0.3) is 26.9 Å². The van der Waals surface area contributed by atoms with Crippen LogP contribution in [0.2, 0.25) is 10.0 Å². The van der Waals surface area contributed by atoms with E-state index >= 15 is 0 Å². The van der Waals surface area contributed by atoms with Crippen LogP contribution in [0.4, 0.5) is 5.69 Å². The molecule has 36 heavy (non-hydrogen) atoms. The standard InChI is InChI=1S/C24H18Cl2N6O2S2/c1-3-20-29-30-24-32(20)31-22(36-24)14-5-4-12(2)17(11-14)27-23(35)28-21(33)19-9-8-18(34-19)13-6-7-15(25)16(26)10-13/h4-11H,3H2,1-2H3,(H2,27,28,33,35). The van der Waals surface area contributed by atoms with E-state index in [1.807, 2.05) is 32.0 Å². The molecule has 8 nitrogen and oxygen atoms in total. The second-order valence-electron chi connectivity index (χ2n) is 7.80. The lowest BCUT2D eigenvalue weighted by molar-refractivity contribution is 0.0951. The molecule has 0 unspecified atom stereocenters. The first kappa shape index (κ1) is 24.4. The molecule has 2 N–H and O–H groups in total. The summed E-state index contributed by atoms with van der Waals surface area (Å²) in [6.07, 6.45) is 0.740. The number of anilines is 1. The molecule has 0 saturated heterocycles. The lowest BCUT2D eigenvalue weighted by Gasteiger charge is -2.12. The Morgan fingerprint density at radius 2 is 1.89 bits per heavy atom. The molecule has 0 atom stereocenters. The maximum absolute atomic E-state index is 12.7. The lowest BCUT2D eigenvalue weighted by atomic mass is 10.1. The molecular weight excluding hydrogens is 539 g/mol. The van der Waals surface area contributed by atoms with Crippen LogP contribution in [0.15, 0.2) is 52.9 Å². The minimum atomic E-state index is -0.478. The average Bonchev–Trinajstić information content (AvgIpc) is 3.58.